The third kappa shape index (κ3) is 3.13. The maximum Gasteiger partial charge on any atom is 0.261 e. The summed E-state index contributed by atoms with van der Waals surface area (Å²) < 4.78 is 27.8. The molecule has 6 heteroatoms. The molecule has 20 heavy (non-hydrogen) atoms. The number of hydrogen-bond donors (Lipinski definition) is 2. The van der Waals surface area contributed by atoms with Crippen LogP contribution in [0.15, 0.2) is 45.8 Å². The Kier molecular flexibility index (Phi) is 4.06. The van der Waals surface area contributed by atoms with Crippen molar-refractivity contribution < 1.29 is 13.5 Å². The van der Waals surface area contributed by atoms with Crippen molar-refractivity contribution in [2.45, 2.75) is 18.7 Å². The Morgan fingerprint density at radius 1 is 1.10 bits per heavy atom. The van der Waals surface area contributed by atoms with E-state index in [4.69, 9.17) is 0 Å². The number of nitrogens with one attached hydrogen (secondary N) is 1. The number of benzene rings is 2. The van der Waals surface area contributed by atoms with Crippen LogP contribution < -0.4 is 4.72 Å². The van der Waals surface area contributed by atoms with Crippen molar-refractivity contribution in [1.82, 2.24) is 0 Å². The first kappa shape index (κ1) is 14.9. The van der Waals surface area contributed by atoms with Gasteiger partial charge in [0.15, 0.2) is 0 Å². The van der Waals surface area contributed by atoms with Gasteiger partial charge in [0.2, 0.25) is 0 Å². The molecule has 2 rings (SSSR count). The highest BCUT2D eigenvalue weighted by molar-refractivity contribution is 9.10. The highest BCUT2D eigenvalue weighted by atomic mass is 79.9. The lowest BCUT2D eigenvalue weighted by Crippen LogP contribution is -2.14. The molecule has 0 atom stereocenters. The Balaban J connectivity index is 2.41. The second-order valence-corrected chi connectivity index (χ2v) is 7.07. The van der Waals surface area contributed by atoms with Gasteiger partial charge in [-0.25, -0.2) is 8.42 Å². The average molecular weight is 356 g/mol. The molecule has 0 amide bonds. The Labute approximate surface area is 126 Å². The number of phenolic OH excluding ortho intramolecular Hbond substituents is 1. The summed E-state index contributed by atoms with van der Waals surface area (Å²) in [5.74, 6) is 0.0247. The summed E-state index contributed by atoms with van der Waals surface area (Å²) in [7, 11) is -3.68. The van der Waals surface area contributed by atoms with Gasteiger partial charge in [0.1, 0.15) is 5.75 Å². The number of sulfonamides is 1. The fourth-order valence-corrected chi connectivity index (χ4v) is 3.92. The highest BCUT2D eigenvalue weighted by Gasteiger charge is 2.17. The summed E-state index contributed by atoms with van der Waals surface area (Å²) in [5, 5.41) is 9.21. The summed E-state index contributed by atoms with van der Waals surface area (Å²) in [5.41, 5.74) is 2.39. The van der Waals surface area contributed by atoms with Gasteiger partial charge in [-0.05, 0) is 71.2 Å². The third-order valence-electron chi connectivity index (χ3n) is 2.82. The number of hydrogen-bond acceptors (Lipinski definition) is 3. The predicted octanol–water partition coefficient (Wildman–Crippen LogP) is 3.57. The summed E-state index contributed by atoms with van der Waals surface area (Å²) >= 11 is 3.37. The van der Waals surface area contributed by atoms with Crippen molar-refractivity contribution in [3.63, 3.8) is 0 Å². The first-order valence-electron chi connectivity index (χ1n) is 5.88. The molecule has 0 saturated carbocycles. The Hall–Kier alpha value is -1.53. The largest absolute Gasteiger partial charge is 0.508 e. The van der Waals surface area contributed by atoms with Gasteiger partial charge in [0, 0.05) is 4.47 Å². The van der Waals surface area contributed by atoms with E-state index in [0.29, 0.717) is 10.2 Å². The second-order valence-electron chi connectivity index (χ2n) is 4.54. The molecule has 0 aromatic heterocycles. The summed E-state index contributed by atoms with van der Waals surface area (Å²) in [6.07, 6.45) is 0. The van der Waals surface area contributed by atoms with Gasteiger partial charge in [-0.1, -0.05) is 6.07 Å². The molecule has 2 N–H and O–H groups in total. The molecule has 0 spiro atoms. The first-order valence-corrected chi connectivity index (χ1v) is 8.16. The number of rotatable bonds is 3. The van der Waals surface area contributed by atoms with E-state index in [9.17, 15) is 13.5 Å². The van der Waals surface area contributed by atoms with Crippen LogP contribution in [-0.4, -0.2) is 13.5 Å². The topological polar surface area (TPSA) is 66.4 Å². The van der Waals surface area contributed by atoms with Crippen molar-refractivity contribution in [1.29, 1.82) is 0 Å². The molecule has 0 bridgehead atoms. The number of aryl methyl sites for hydroxylation is 2. The fraction of sp³-hybridized carbons (Fsp3) is 0.143. The SMILES string of the molecule is Cc1cc(C)c(NS(=O)(=O)c2ccc(O)cc2)c(Br)c1. The molecule has 2 aromatic rings. The minimum Gasteiger partial charge on any atom is -0.508 e. The minimum atomic E-state index is -3.68. The Bertz CT molecular complexity index is 717. The molecular formula is C14H14BrNO3S. The molecule has 0 aliphatic carbocycles. The van der Waals surface area contributed by atoms with Gasteiger partial charge in [0.25, 0.3) is 10.0 Å². The van der Waals surface area contributed by atoms with Crippen LogP contribution in [0, 0.1) is 13.8 Å². The van der Waals surface area contributed by atoms with E-state index >= 15 is 0 Å². The van der Waals surface area contributed by atoms with Crippen molar-refractivity contribution in [2.24, 2.45) is 0 Å². The number of aromatic hydroxyl groups is 1. The maximum atomic E-state index is 12.3. The van der Waals surface area contributed by atoms with Crippen LogP contribution in [0.25, 0.3) is 0 Å². The van der Waals surface area contributed by atoms with Crippen LogP contribution in [0.3, 0.4) is 0 Å². The number of phenols is 1. The summed E-state index contributed by atoms with van der Waals surface area (Å²) in [6, 6.07) is 9.14. The number of anilines is 1. The normalized spacial score (nSPS) is 11.3. The lowest BCUT2D eigenvalue weighted by Gasteiger charge is -2.13. The predicted molar refractivity (Wildman–Crippen MR) is 82.5 cm³/mol. The van der Waals surface area contributed by atoms with Crippen LogP contribution >= 0.6 is 15.9 Å². The van der Waals surface area contributed by atoms with E-state index in [1.54, 1.807) is 0 Å². The average Bonchev–Trinajstić information content (AvgIpc) is 2.34. The summed E-state index contributed by atoms with van der Waals surface area (Å²) in [6.45, 7) is 3.78. The van der Waals surface area contributed by atoms with Gasteiger partial charge in [0.05, 0.1) is 10.6 Å². The zero-order chi connectivity index (χ0) is 14.9. The maximum absolute atomic E-state index is 12.3. The van der Waals surface area contributed by atoms with Gasteiger partial charge >= 0.3 is 0 Å². The smallest absolute Gasteiger partial charge is 0.261 e. The van der Waals surface area contributed by atoms with Crippen molar-refractivity contribution in [3.05, 3.63) is 52.0 Å². The molecule has 106 valence electrons. The lowest BCUT2D eigenvalue weighted by molar-refractivity contribution is 0.475. The standard InChI is InChI=1S/C14H14BrNO3S/c1-9-7-10(2)14(13(15)8-9)16-20(18,19)12-5-3-11(17)4-6-12/h3-8,16-17H,1-2H3. The third-order valence-corrected chi connectivity index (χ3v) is 4.81. The van der Waals surface area contributed by atoms with Crippen molar-refractivity contribution >= 4 is 31.6 Å². The molecule has 2 aromatic carbocycles. The molecule has 0 unspecified atom stereocenters. The van der Waals surface area contributed by atoms with E-state index in [2.05, 4.69) is 20.7 Å². The van der Waals surface area contributed by atoms with Crippen molar-refractivity contribution in [2.75, 3.05) is 4.72 Å². The van der Waals surface area contributed by atoms with E-state index in [-0.39, 0.29) is 10.6 Å². The first-order chi connectivity index (χ1) is 9.29. The van der Waals surface area contributed by atoms with Crippen LogP contribution in [-0.2, 0) is 10.0 Å². The Morgan fingerprint density at radius 3 is 2.25 bits per heavy atom. The van der Waals surface area contributed by atoms with E-state index in [1.807, 2.05) is 26.0 Å². The summed E-state index contributed by atoms with van der Waals surface area (Å²) in [4.78, 5) is 0.0992. The van der Waals surface area contributed by atoms with Crippen LogP contribution in [0.1, 0.15) is 11.1 Å². The molecule has 0 fully saturated rings. The molecule has 0 saturated heterocycles. The zero-order valence-electron chi connectivity index (χ0n) is 11.0. The lowest BCUT2D eigenvalue weighted by atomic mass is 10.1. The van der Waals surface area contributed by atoms with Gasteiger partial charge in [-0.3, -0.25) is 4.72 Å². The van der Waals surface area contributed by atoms with Crippen LogP contribution in [0.5, 0.6) is 5.75 Å². The molecule has 4 nitrogen and oxygen atoms in total. The minimum absolute atomic E-state index is 0.0247. The highest BCUT2D eigenvalue weighted by Crippen LogP contribution is 2.30. The molecule has 0 aliphatic heterocycles. The van der Waals surface area contributed by atoms with Crippen molar-refractivity contribution in [3.8, 4) is 5.75 Å². The zero-order valence-corrected chi connectivity index (χ0v) is 13.4. The molecule has 0 aliphatic rings. The Morgan fingerprint density at radius 2 is 1.70 bits per heavy atom. The van der Waals surface area contributed by atoms with Crippen LogP contribution in [0.4, 0.5) is 5.69 Å². The fourth-order valence-electron chi connectivity index (χ4n) is 1.86. The van der Waals surface area contributed by atoms with Gasteiger partial charge < -0.3 is 5.11 Å². The van der Waals surface area contributed by atoms with E-state index in [1.165, 1.54) is 24.3 Å². The molecule has 0 heterocycles. The second kappa shape index (κ2) is 5.46. The van der Waals surface area contributed by atoms with Crippen LogP contribution in [0.2, 0.25) is 0 Å². The van der Waals surface area contributed by atoms with Gasteiger partial charge in [-0.15, -0.1) is 0 Å². The monoisotopic (exact) mass is 355 g/mol. The molecular weight excluding hydrogens is 342 g/mol. The number of halogens is 1. The molecule has 0 radical (unpaired) electrons. The van der Waals surface area contributed by atoms with E-state index < -0.39 is 10.0 Å². The quantitative estimate of drug-likeness (QED) is 0.884. The van der Waals surface area contributed by atoms with Gasteiger partial charge in [-0.2, -0.15) is 0 Å². The van der Waals surface area contributed by atoms with E-state index in [0.717, 1.165) is 11.1 Å².